The number of carbonyl (C=O) groups is 2. The third kappa shape index (κ3) is 2.68. The highest BCUT2D eigenvalue weighted by Gasteiger charge is 2.31. The average molecular weight is 368 g/mol. The Bertz CT molecular complexity index is 1020. The maximum Gasteiger partial charge on any atom is 0.262 e. The van der Waals surface area contributed by atoms with Gasteiger partial charge in [0.25, 0.3) is 5.91 Å². The molecule has 1 aromatic carbocycles. The number of aromatic nitrogens is 2. The van der Waals surface area contributed by atoms with Crippen LogP contribution in [0.3, 0.4) is 0 Å². The first-order chi connectivity index (χ1) is 12.5. The Labute approximate surface area is 155 Å². The quantitative estimate of drug-likeness (QED) is 0.773. The Morgan fingerprint density at radius 2 is 2.08 bits per heavy atom. The predicted octanol–water partition coefficient (Wildman–Crippen LogP) is 2.66. The number of benzene rings is 1. The standard InChI is InChI=1S/C19H20N4O2S/c1-11-6-4-5-7-15(11)23-19-13(12(2)21-23)10-16(26-19)17(24)20-14-8-9-22(3)18(14)25/h4-7,10,14H,8-9H2,1-3H3,(H,20,24). The molecule has 7 heteroatoms. The molecule has 0 aliphatic carbocycles. The third-order valence-electron chi connectivity index (χ3n) is 4.84. The lowest BCUT2D eigenvalue weighted by Crippen LogP contribution is -2.40. The Hall–Kier alpha value is -2.67. The lowest BCUT2D eigenvalue weighted by molar-refractivity contribution is -0.128. The second kappa shape index (κ2) is 6.25. The maximum absolute atomic E-state index is 12.6. The summed E-state index contributed by atoms with van der Waals surface area (Å²) in [5.74, 6) is -0.225. The first-order valence-corrected chi connectivity index (χ1v) is 9.38. The molecule has 0 saturated carbocycles. The molecule has 1 aliphatic heterocycles. The number of fused-ring (bicyclic) bond motifs is 1. The van der Waals surface area contributed by atoms with Crippen molar-refractivity contribution in [3.8, 4) is 5.69 Å². The van der Waals surface area contributed by atoms with Crippen LogP contribution in [0.15, 0.2) is 30.3 Å². The highest BCUT2D eigenvalue weighted by atomic mass is 32.1. The Morgan fingerprint density at radius 3 is 2.77 bits per heavy atom. The molecular formula is C19H20N4O2S. The lowest BCUT2D eigenvalue weighted by Gasteiger charge is -2.11. The normalized spacial score (nSPS) is 17.3. The maximum atomic E-state index is 12.6. The molecule has 1 N–H and O–H groups in total. The van der Waals surface area contributed by atoms with Crippen LogP contribution in [-0.2, 0) is 4.79 Å². The van der Waals surface area contributed by atoms with Gasteiger partial charge in [-0.1, -0.05) is 18.2 Å². The third-order valence-corrected chi connectivity index (χ3v) is 5.95. The summed E-state index contributed by atoms with van der Waals surface area (Å²) in [6.45, 7) is 4.67. The van der Waals surface area contributed by atoms with E-state index in [0.717, 1.165) is 27.2 Å². The first kappa shape index (κ1) is 16.8. The van der Waals surface area contributed by atoms with Crippen molar-refractivity contribution < 1.29 is 9.59 Å². The molecule has 1 aliphatic rings. The van der Waals surface area contributed by atoms with Gasteiger partial charge in [-0.2, -0.15) is 5.10 Å². The fourth-order valence-corrected chi connectivity index (χ4v) is 4.39. The van der Waals surface area contributed by atoms with E-state index in [1.54, 1.807) is 11.9 Å². The molecule has 3 aromatic rings. The van der Waals surface area contributed by atoms with Crippen molar-refractivity contribution in [2.45, 2.75) is 26.3 Å². The van der Waals surface area contributed by atoms with E-state index in [1.807, 2.05) is 48.9 Å². The number of aryl methyl sites for hydroxylation is 2. The Balaban J connectivity index is 1.68. The van der Waals surface area contributed by atoms with Gasteiger partial charge in [0.2, 0.25) is 5.91 Å². The molecule has 1 unspecified atom stereocenters. The Kier molecular flexibility index (Phi) is 4.03. The van der Waals surface area contributed by atoms with Gasteiger partial charge in [0.15, 0.2) is 0 Å². The van der Waals surface area contributed by atoms with Gasteiger partial charge in [-0.3, -0.25) is 9.59 Å². The number of rotatable bonds is 3. The summed E-state index contributed by atoms with van der Waals surface area (Å²) in [7, 11) is 1.76. The molecule has 0 bridgehead atoms. The zero-order valence-electron chi connectivity index (χ0n) is 14.9. The van der Waals surface area contributed by atoms with Crippen LogP contribution in [0.2, 0.25) is 0 Å². The number of hydrogen-bond acceptors (Lipinski definition) is 4. The number of likely N-dealkylation sites (N-methyl/N-ethyl adjacent to an activating group) is 1. The second-order valence-corrected chi connectivity index (χ2v) is 7.72. The van der Waals surface area contributed by atoms with E-state index in [1.165, 1.54) is 11.3 Å². The van der Waals surface area contributed by atoms with E-state index in [4.69, 9.17) is 0 Å². The highest BCUT2D eigenvalue weighted by molar-refractivity contribution is 7.20. The minimum atomic E-state index is -0.424. The molecule has 1 saturated heterocycles. The summed E-state index contributed by atoms with van der Waals surface area (Å²) in [6, 6.07) is 9.49. The smallest absolute Gasteiger partial charge is 0.262 e. The van der Waals surface area contributed by atoms with E-state index in [9.17, 15) is 9.59 Å². The van der Waals surface area contributed by atoms with E-state index in [0.29, 0.717) is 17.8 Å². The summed E-state index contributed by atoms with van der Waals surface area (Å²) >= 11 is 1.41. The van der Waals surface area contributed by atoms with Crippen molar-refractivity contribution in [1.29, 1.82) is 0 Å². The van der Waals surface area contributed by atoms with Gasteiger partial charge in [-0.05, 0) is 38.0 Å². The molecule has 0 radical (unpaired) electrons. The van der Waals surface area contributed by atoms with Crippen molar-refractivity contribution in [2.24, 2.45) is 0 Å². The fraction of sp³-hybridized carbons (Fsp3) is 0.316. The Morgan fingerprint density at radius 1 is 1.31 bits per heavy atom. The second-order valence-electron chi connectivity index (χ2n) is 6.69. The van der Waals surface area contributed by atoms with Gasteiger partial charge in [-0.15, -0.1) is 11.3 Å². The molecule has 2 aromatic heterocycles. The molecule has 6 nitrogen and oxygen atoms in total. The van der Waals surface area contributed by atoms with Crippen molar-refractivity contribution in [1.82, 2.24) is 20.0 Å². The number of thiophene rings is 1. The van der Waals surface area contributed by atoms with E-state index in [2.05, 4.69) is 10.4 Å². The van der Waals surface area contributed by atoms with Crippen molar-refractivity contribution >= 4 is 33.4 Å². The summed E-state index contributed by atoms with van der Waals surface area (Å²) in [6.07, 6.45) is 0.655. The van der Waals surface area contributed by atoms with Crippen LogP contribution in [0.5, 0.6) is 0 Å². The average Bonchev–Trinajstić information content (AvgIpc) is 3.27. The van der Waals surface area contributed by atoms with Gasteiger partial charge >= 0.3 is 0 Å². The summed E-state index contributed by atoms with van der Waals surface area (Å²) < 4.78 is 1.90. The molecule has 2 amide bonds. The van der Waals surface area contributed by atoms with Crippen LogP contribution in [0, 0.1) is 13.8 Å². The number of likely N-dealkylation sites (tertiary alicyclic amines) is 1. The SMILES string of the molecule is Cc1ccccc1-n1nc(C)c2cc(C(=O)NC3CCN(C)C3=O)sc21. The van der Waals surface area contributed by atoms with Crippen molar-refractivity contribution in [3.05, 3.63) is 46.5 Å². The molecule has 0 spiro atoms. The number of carbonyl (C=O) groups excluding carboxylic acids is 2. The van der Waals surface area contributed by atoms with Crippen LogP contribution < -0.4 is 5.32 Å². The van der Waals surface area contributed by atoms with Gasteiger partial charge in [0.1, 0.15) is 10.9 Å². The van der Waals surface area contributed by atoms with E-state index < -0.39 is 6.04 Å². The molecule has 4 rings (SSSR count). The topological polar surface area (TPSA) is 67.2 Å². The highest BCUT2D eigenvalue weighted by Crippen LogP contribution is 2.31. The molecule has 3 heterocycles. The van der Waals surface area contributed by atoms with Gasteiger partial charge < -0.3 is 10.2 Å². The summed E-state index contributed by atoms with van der Waals surface area (Å²) in [4.78, 5) is 27.9. The molecular weight excluding hydrogens is 348 g/mol. The molecule has 26 heavy (non-hydrogen) atoms. The van der Waals surface area contributed by atoms with Crippen LogP contribution in [0.25, 0.3) is 15.9 Å². The molecule has 1 atom stereocenters. The van der Waals surface area contributed by atoms with E-state index in [-0.39, 0.29) is 11.8 Å². The lowest BCUT2D eigenvalue weighted by atomic mass is 10.2. The van der Waals surface area contributed by atoms with Crippen LogP contribution in [0.1, 0.15) is 27.3 Å². The summed E-state index contributed by atoms with van der Waals surface area (Å²) in [5, 5.41) is 8.48. The zero-order valence-corrected chi connectivity index (χ0v) is 15.8. The number of amides is 2. The predicted molar refractivity (Wildman–Crippen MR) is 102 cm³/mol. The zero-order chi connectivity index (χ0) is 18.4. The largest absolute Gasteiger partial charge is 0.344 e. The van der Waals surface area contributed by atoms with Crippen LogP contribution in [0.4, 0.5) is 0 Å². The minimum Gasteiger partial charge on any atom is -0.344 e. The van der Waals surface area contributed by atoms with Crippen molar-refractivity contribution in [2.75, 3.05) is 13.6 Å². The number of para-hydroxylation sites is 1. The van der Waals surface area contributed by atoms with Crippen molar-refractivity contribution in [3.63, 3.8) is 0 Å². The monoisotopic (exact) mass is 368 g/mol. The van der Waals surface area contributed by atoms with Crippen LogP contribution in [-0.4, -0.2) is 46.1 Å². The van der Waals surface area contributed by atoms with Gasteiger partial charge in [0.05, 0.1) is 16.3 Å². The fourth-order valence-electron chi connectivity index (χ4n) is 3.31. The van der Waals surface area contributed by atoms with Gasteiger partial charge in [-0.25, -0.2) is 4.68 Å². The van der Waals surface area contributed by atoms with Crippen LogP contribution >= 0.6 is 11.3 Å². The summed E-state index contributed by atoms with van der Waals surface area (Å²) in [5.41, 5.74) is 3.01. The minimum absolute atomic E-state index is 0.0262. The number of nitrogens with one attached hydrogen (secondary N) is 1. The first-order valence-electron chi connectivity index (χ1n) is 8.56. The number of nitrogens with zero attached hydrogens (tertiary/aromatic N) is 3. The van der Waals surface area contributed by atoms with Gasteiger partial charge in [0, 0.05) is 19.0 Å². The number of hydrogen-bond donors (Lipinski definition) is 1. The molecule has 134 valence electrons. The molecule has 1 fully saturated rings. The van der Waals surface area contributed by atoms with E-state index >= 15 is 0 Å².